The Morgan fingerprint density at radius 2 is 1.65 bits per heavy atom. The number of rotatable bonds is 2. The largest absolute Gasteiger partial charge is 0.416 e. The van der Waals surface area contributed by atoms with Crippen molar-refractivity contribution < 1.29 is 18.0 Å². The maximum absolute atomic E-state index is 12.4. The summed E-state index contributed by atoms with van der Waals surface area (Å²) in [6.07, 6.45) is -4.41. The van der Waals surface area contributed by atoms with Crippen molar-refractivity contribution in [2.45, 2.75) is 13.1 Å². The molecule has 0 aliphatic carbocycles. The first-order valence-corrected chi connectivity index (χ1v) is 6.15. The molecule has 0 N–H and O–H groups in total. The molecule has 0 radical (unpaired) electrons. The SMILES string of the molecule is Cc1ccc(C(=O)c2ccc(C(F)(F)F)cc2)c(Cl)c1. The summed E-state index contributed by atoms with van der Waals surface area (Å²) in [5.41, 5.74) is 0.559. The standard InChI is InChI=1S/C15H10ClF3O/c1-9-2-7-12(13(16)8-9)14(20)10-3-5-11(6-4-10)15(17,18)19/h2-8H,1H3. The minimum atomic E-state index is -4.41. The first kappa shape index (κ1) is 14.6. The Hall–Kier alpha value is -1.81. The zero-order valence-electron chi connectivity index (χ0n) is 10.5. The van der Waals surface area contributed by atoms with Crippen molar-refractivity contribution in [3.05, 3.63) is 69.7 Å². The number of carbonyl (C=O) groups is 1. The quantitative estimate of drug-likeness (QED) is 0.721. The van der Waals surface area contributed by atoms with Crippen LogP contribution >= 0.6 is 11.6 Å². The van der Waals surface area contributed by atoms with Gasteiger partial charge in [-0.3, -0.25) is 4.79 Å². The lowest BCUT2D eigenvalue weighted by atomic mass is 10.0. The number of benzene rings is 2. The first-order valence-electron chi connectivity index (χ1n) is 5.77. The van der Waals surface area contributed by atoms with Gasteiger partial charge in [0.15, 0.2) is 5.78 Å². The molecule has 0 aromatic heterocycles. The van der Waals surface area contributed by atoms with Crippen molar-refractivity contribution in [3.8, 4) is 0 Å². The number of aryl methyl sites for hydroxylation is 1. The Bertz CT molecular complexity index is 645. The van der Waals surface area contributed by atoms with Crippen LogP contribution in [0.3, 0.4) is 0 Å². The zero-order chi connectivity index (χ0) is 14.9. The van der Waals surface area contributed by atoms with Crippen molar-refractivity contribution >= 4 is 17.4 Å². The second-order valence-corrected chi connectivity index (χ2v) is 4.79. The fraction of sp³-hybridized carbons (Fsp3) is 0.133. The molecule has 0 unspecified atom stereocenters. The Balaban J connectivity index is 2.34. The number of halogens is 4. The van der Waals surface area contributed by atoms with E-state index in [1.165, 1.54) is 0 Å². The molecule has 2 rings (SSSR count). The maximum Gasteiger partial charge on any atom is 0.416 e. The number of ketones is 1. The van der Waals surface area contributed by atoms with Crippen LogP contribution in [0.2, 0.25) is 5.02 Å². The lowest BCUT2D eigenvalue weighted by Gasteiger charge is -2.08. The number of carbonyl (C=O) groups excluding carboxylic acids is 1. The summed E-state index contributed by atoms with van der Waals surface area (Å²) in [4.78, 5) is 12.2. The average Bonchev–Trinajstić information content (AvgIpc) is 2.37. The molecule has 0 atom stereocenters. The summed E-state index contributed by atoms with van der Waals surface area (Å²) in [6, 6.07) is 9.01. The van der Waals surface area contributed by atoms with Crippen molar-refractivity contribution in [2.75, 3.05) is 0 Å². The van der Waals surface area contributed by atoms with E-state index in [-0.39, 0.29) is 16.1 Å². The van der Waals surface area contributed by atoms with Crippen molar-refractivity contribution in [1.82, 2.24) is 0 Å². The number of hydrogen-bond acceptors (Lipinski definition) is 1. The van der Waals surface area contributed by atoms with Crippen LogP contribution in [-0.2, 0) is 6.18 Å². The molecule has 0 heterocycles. The molecule has 0 saturated carbocycles. The van der Waals surface area contributed by atoms with E-state index in [1.54, 1.807) is 18.2 Å². The van der Waals surface area contributed by atoms with Gasteiger partial charge in [0.25, 0.3) is 0 Å². The van der Waals surface area contributed by atoms with Crippen molar-refractivity contribution in [2.24, 2.45) is 0 Å². The molecule has 0 spiro atoms. The van der Waals surface area contributed by atoms with Gasteiger partial charge in [0.1, 0.15) is 0 Å². The minimum absolute atomic E-state index is 0.170. The topological polar surface area (TPSA) is 17.1 Å². The van der Waals surface area contributed by atoms with Gasteiger partial charge in [0.2, 0.25) is 0 Å². The summed E-state index contributed by atoms with van der Waals surface area (Å²) in [7, 11) is 0. The molecule has 5 heteroatoms. The van der Waals surface area contributed by atoms with Gasteiger partial charge < -0.3 is 0 Å². The van der Waals surface area contributed by atoms with E-state index in [2.05, 4.69) is 0 Å². The van der Waals surface area contributed by atoms with Crippen LogP contribution in [0.1, 0.15) is 27.0 Å². The molecular weight excluding hydrogens is 289 g/mol. The minimum Gasteiger partial charge on any atom is -0.289 e. The molecule has 1 nitrogen and oxygen atoms in total. The molecule has 20 heavy (non-hydrogen) atoms. The molecule has 104 valence electrons. The third-order valence-electron chi connectivity index (χ3n) is 2.84. The van der Waals surface area contributed by atoms with Gasteiger partial charge in [-0.05, 0) is 36.8 Å². The maximum atomic E-state index is 12.4. The van der Waals surface area contributed by atoms with E-state index in [9.17, 15) is 18.0 Å². The molecule has 0 bridgehead atoms. The summed E-state index contributed by atoms with van der Waals surface area (Å²) in [5.74, 6) is -0.399. The fourth-order valence-electron chi connectivity index (χ4n) is 1.77. The monoisotopic (exact) mass is 298 g/mol. The van der Waals surface area contributed by atoms with Gasteiger partial charge in [0, 0.05) is 11.1 Å². The molecule has 0 fully saturated rings. The van der Waals surface area contributed by atoms with Crippen LogP contribution in [0.25, 0.3) is 0 Å². The van der Waals surface area contributed by atoms with E-state index in [1.807, 2.05) is 6.92 Å². The summed E-state index contributed by atoms with van der Waals surface area (Å²) < 4.78 is 37.3. The third kappa shape index (κ3) is 3.02. The fourth-order valence-corrected chi connectivity index (χ4v) is 2.09. The van der Waals surface area contributed by atoms with E-state index in [0.29, 0.717) is 0 Å². The van der Waals surface area contributed by atoms with E-state index < -0.39 is 17.5 Å². The molecule has 0 amide bonds. The lowest BCUT2D eigenvalue weighted by Crippen LogP contribution is -2.07. The molecule has 0 saturated heterocycles. The molecular formula is C15H10ClF3O. The highest BCUT2D eigenvalue weighted by atomic mass is 35.5. The van der Waals surface area contributed by atoms with Crippen LogP contribution in [0.4, 0.5) is 13.2 Å². The van der Waals surface area contributed by atoms with E-state index in [0.717, 1.165) is 29.8 Å². The number of hydrogen-bond donors (Lipinski definition) is 0. The summed E-state index contributed by atoms with van der Waals surface area (Å²) in [6.45, 7) is 1.83. The second-order valence-electron chi connectivity index (χ2n) is 4.39. The lowest BCUT2D eigenvalue weighted by molar-refractivity contribution is -0.137. The Morgan fingerprint density at radius 3 is 2.15 bits per heavy atom. The number of alkyl halides is 3. The highest BCUT2D eigenvalue weighted by Crippen LogP contribution is 2.29. The highest BCUT2D eigenvalue weighted by molar-refractivity contribution is 6.35. The van der Waals surface area contributed by atoms with Gasteiger partial charge >= 0.3 is 6.18 Å². The van der Waals surface area contributed by atoms with Crippen LogP contribution in [-0.4, -0.2) is 5.78 Å². The van der Waals surface area contributed by atoms with Crippen molar-refractivity contribution in [1.29, 1.82) is 0 Å². The first-order chi connectivity index (χ1) is 9.29. The van der Waals surface area contributed by atoms with Gasteiger partial charge in [-0.1, -0.05) is 29.8 Å². The highest BCUT2D eigenvalue weighted by Gasteiger charge is 2.30. The van der Waals surface area contributed by atoms with E-state index in [4.69, 9.17) is 11.6 Å². The molecule has 0 aliphatic heterocycles. The average molecular weight is 299 g/mol. The zero-order valence-corrected chi connectivity index (χ0v) is 11.2. The smallest absolute Gasteiger partial charge is 0.289 e. The van der Waals surface area contributed by atoms with E-state index >= 15 is 0 Å². The predicted molar refractivity (Wildman–Crippen MR) is 71.1 cm³/mol. The Labute approximate surface area is 119 Å². The van der Waals surface area contributed by atoms with Crippen LogP contribution in [0, 0.1) is 6.92 Å². The third-order valence-corrected chi connectivity index (χ3v) is 3.16. The van der Waals surface area contributed by atoms with Crippen LogP contribution in [0.15, 0.2) is 42.5 Å². The second kappa shape index (κ2) is 5.29. The Morgan fingerprint density at radius 1 is 1.05 bits per heavy atom. The van der Waals surface area contributed by atoms with Gasteiger partial charge in [0.05, 0.1) is 10.6 Å². The molecule has 0 aliphatic rings. The van der Waals surface area contributed by atoms with Crippen LogP contribution < -0.4 is 0 Å². The summed E-state index contributed by atoms with van der Waals surface area (Å²) in [5, 5.41) is 0.287. The normalized spacial score (nSPS) is 11.4. The van der Waals surface area contributed by atoms with Gasteiger partial charge in [-0.15, -0.1) is 0 Å². The van der Waals surface area contributed by atoms with Crippen LogP contribution in [0.5, 0.6) is 0 Å². The summed E-state index contributed by atoms with van der Waals surface area (Å²) >= 11 is 5.98. The van der Waals surface area contributed by atoms with Crippen molar-refractivity contribution in [3.63, 3.8) is 0 Å². The van der Waals surface area contributed by atoms with Gasteiger partial charge in [-0.25, -0.2) is 0 Å². The van der Waals surface area contributed by atoms with Gasteiger partial charge in [-0.2, -0.15) is 13.2 Å². The Kier molecular flexibility index (Phi) is 3.86. The molecule has 2 aromatic carbocycles. The molecule has 2 aromatic rings. The predicted octanol–water partition coefficient (Wildman–Crippen LogP) is 4.90.